The molecule has 1 aliphatic rings. The lowest BCUT2D eigenvalue weighted by molar-refractivity contribution is 0.602. The van der Waals surface area contributed by atoms with Gasteiger partial charge in [-0.3, -0.25) is 4.21 Å². The summed E-state index contributed by atoms with van der Waals surface area (Å²) >= 11 is 0. The molecule has 2 unspecified atom stereocenters. The third-order valence-electron chi connectivity index (χ3n) is 4.08. The summed E-state index contributed by atoms with van der Waals surface area (Å²) in [6.45, 7) is 2.14. The lowest BCUT2D eigenvalue weighted by Crippen LogP contribution is -2.21. The molecule has 1 aromatic carbocycles. The van der Waals surface area contributed by atoms with Crippen LogP contribution in [0.15, 0.2) is 24.3 Å². The second kappa shape index (κ2) is 7.20. The molecular weight excluding hydrogens is 254 g/mol. The molecule has 0 radical (unpaired) electrons. The Balaban J connectivity index is 1.84. The van der Waals surface area contributed by atoms with E-state index in [0.29, 0.717) is 11.7 Å². The van der Waals surface area contributed by atoms with Crippen LogP contribution in [0.5, 0.6) is 0 Å². The van der Waals surface area contributed by atoms with E-state index in [1.807, 2.05) is 0 Å². The van der Waals surface area contributed by atoms with Crippen molar-refractivity contribution in [3.63, 3.8) is 0 Å². The Bertz CT molecular complexity index is 409. The molecule has 1 aromatic rings. The van der Waals surface area contributed by atoms with E-state index in [2.05, 4.69) is 31.2 Å². The van der Waals surface area contributed by atoms with Crippen LogP contribution in [-0.4, -0.2) is 15.7 Å². The highest BCUT2D eigenvalue weighted by atomic mass is 32.2. The molecule has 2 nitrogen and oxygen atoms in total. The number of hydrogen-bond donors (Lipinski definition) is 1. The summed E-state index contributed by atoms with van der Waals surface area (Å²) in [7, 11) is -0.773. The van der Waals surface area contributed by atoms with Gasteiger partial charge >= 0.3 is 0 Å². The summed E-state index contributed by atoms with van der Waals surface area (Å²) in [6, 6.07) is 8.31. The predicted octanol–water partition coefficient (Wildman–Crippen LogP) is 3.19. The van der Waals surface area contributed by atoms with E-state index in [1.165, 1.54) is 31.2 Å². The molecule has 1 fully saturated rings. The normalized spacial score (nSPS) is 19.5. The summed E-state index contributed by atoms with van der Waals surface area (Å²) in [6.07, 6.45) is 6.18. The van der Waals surface area contributed by atoms with Gasteiger partial charge < -0.3 is 5.73 Å². The SMILES string of the molecule is CCc1ccc(C(N)CS(=O)CC2CCCC2)cc1. The zero-order chi connectivity index (χ0) is 13.7. The molecule has 2 atom stereocenters. The van der Waals surface area contributed by atoms with Crippen molar-refractivity contribution >= 4 is 10.8 Å². The fraction of sp³-hybridized carbons (Fsp3) is 0.625. The zero-order valence-corrected chi connectivity index (χ0v) is 12.6. The molecule has 1 aliphatic carbocycles. The van der Waals surface area contributed by atoms with Crippen molar-refractivity contribution in [1.82, 2.24) is 0 Å². The maximum absolute atomic E-state index is 12.1. The fourth-order valence-corrected chi connectivity index (χ4v) is 4.39. The maximum atomic E-state index is 12.1. The lowest BCUT2D eigenvalue weighted by atomic mass is 10.1. The van der Waals surface area contributed by atoms with Gasteiger partial charge in [-0.25, -0.2) is 0 Å². The minimum atomic E-state index is -0.773. The molecule has 0 spiro atoms. The highest BCUT2D eigenvalue weighted by Gasteiger charge is 2.19. The largest absolute Gasteiger partial charge is 0.323 e. The molecule has 2 rings (SSSR count). The van der Waals surface area contributed by atoms with Crippen LogP contribution < -0.4 is 5.73 Å². The van der Waals surface area contributed by atoms with Gasteiger partial charge in [-0.05, 0) is 36.3 Å². The van der Waals surface area contributed by atoms with Crippen molar-refractivity contribution in [1.29, 1.82) is 0 Å². The highest BCUT2D eigenvalue weighted by Crippen LogP contribution is 2.26. The molecule has 2 N–H and O–H groups in total. The van der Waals surface area contributed by atoms with E-state index in [1.54, 1.807) is 0 Å². The van der Waals surface area contributed by atoms with Gasteiger partial charge in [0.2, 0.25) is 0 Å². The molecule has 0 heterocycles. The molecule has 0 saturated heterocycles. The lowest BCUT2D eigenvalue weighted by Gasteiger charge is -2.14. The quantitative estimate of drug-likeness (QED) is 0.869. The first-order valence-corrected chi connectivity index (χ1v) is 8.87. The number of rotatable bonds is 6. The van der Waals surface area contributed by atoms with Gasteiger partial charge in [0.25, 0.3) is 0 Å². The predicted molar refractivity (Wildman–Crippen MR) is 82.6 cm³/mol. The molecule has 0 bridgehead atoms. The van der Waals surface area contributed by atoms with Crippen molar-refractivity contribution in [2.75, 3.05) is 11.5 Å². The summed E-state index contributed by atoms with van der Waals surface area (Å²) in [5.74, 6) is 2.12. The Hall–Kier alpha value is -0.670. The smallest absolute Gasteiger partial charge is 0.0428 e. The molecule has 0 amide bonds. The Morgan fingerprint density at radius 1 is 1.26 bits per heavy atom. The summed E-state index contributed by atoms with van der Waals surface area (Å²) < 4.78 is 12.1. The Morgan fingerprint density at radius 2 is 1.89 bits per heavy atom. The molecule has 19 heavy (non-hydrogen) atoms. The first-order chi connectivity index (χ1) is 9.19. The number of nitrogens with two attached hydrogens (primary N) is 1. The monoisotopic (exact) mass is 279 g/mol. The molecule has 0 aromatic heterocycles. The van der Waals surface area contributed by atoms with Crippen LogP contribution in [0.1, 0.15) is 49.8 Å². The van der Waals surface area contributed by atoms with Crippen LogP contribution in [0.2, 0.25) is 0 Å². The first kappa shape index (κ1) is 14.7. The molecular formula is C16H25NOS. The van der Waals surface area contributed by atoms with E-state index >= 15 is 0 Å². The number of hydrogen-bond acceptors (Lipinski definition) is 2. The maximum Gasteiger partial charge on any atom is 0.0428 e. The van der Waals surface area contributed by atoms with Crippen LogP contribution in [0.25, 0.3) is 0 Å². The van der Waals surface area contributed by atoms with Gasteiger partial charge in [-0.1, -0.05) is 44.0 Å². The standard InChI is InChI=1S/C16H25NOS/c1-2-13-7-9-15(10-8-13)16(17)12-19(18)11-14-5-3-4-6-14/h7-10,14,16H,2-6,11-12,17H2,1H3. The van der Waals surface area contributed by atoms with E-state index in [4.69, 9.17) is 5.73 Å². The Morgan fingerprint density at radius 3 is 2.47 bits per heavy atom. The van der Waals surface area contributed by atoms with Gasteiger partial charge in [0.15, 0.2) is 0 Å². The second-order valence-corrected chi connectivity index (χ2v) is 7.17. The fourth-order valence-electron chi connectivity index (χ4n) is 2.80. The van der Waals surface area contributed by atoms with Crippen LogP contribution in [0.3, 0.4) is 0 Å². The van der Waals surface area contributed by atoms with E-state index in [9.17, 15) is 4.21 Å². The first-order valence-electron chi connectivity index (χ1n) is 7.38. The Kier molecular flexibility index (Phi) is 5.59. The topological polar surface area (TPSA) is 43.1 Å². The van der Waals surface area contributed by atoms with Gasteiger partial charge in [-0.2, -0.15) is 0 Å². The number of benzene rings is 1. The molecule has 1 saturated carbocycles. The number of aryl methyl sites for hydroxylation is 1. The van der Waals surface area contributed by atoms with Gasteiger partial charge in [-0.15, -0.1) is 0 Å². The third kappa shape index (κ3) is 4.43. The van der Waals surface area contributed by atoms with Crippen molar-refractivity contribution in [3.8, 4) is 0 Å². The molecule has 3 heteroatoms. The summed E-state index contributed by atoms with van der Waals surface area (Å²) in [5, 5.41) is 0. The Labute approximate surface area is 119 Å². The molecule has 0 aliphatic heterocycles. The summed E-state index contributed by atoms with van der Waals surface area (Å²) in [5.41, 5.74) is 8.60. The van der Waals surface area contributed by atoms with Crippen LogP contribution in [0.4, 0.5) is 0 Å². The average Bonchev–Trinajstić information content (AvgIpc) is 2.91. The summed E-state index contributed by atoms with van der Waals surface area (Å²) in [4.78, 5) is 0. The van der Waals surface area contributed by atoms with Crippen molar-refractivity contribution in [2.24, 2.45) is 11.7 Å². The van der Waals surface area contributed by atoms with Crippen LogP contribution >= 0.6 is 0 Å². The van der Waals surface area contributed by atoms with Crippen molar-refractivity contribution in [2.45, 2.75) is 45.1 Å². The average molecular weight is 279 g/mol. The van der Waals surface area contributed by atoms with Crippen molar-refractivity contribution in [3.05, 3.63) is 35.4 Å². The van der Waals surface area contributed by atoms with Gasteiger partial charge in [0, 0.05) is 28.3 Å². The van der Waals surface area contributed by atoms with E-state index < -0.39 is 10.8 Å². The highest BCUT2D eigenvalue weighted by molar-refractivity contribution is 7.85. The third-order valence-corrected chi connectivity index (χ3v) is 5.65. The molecule has 106 valence electrons. The minimum absolute atomic E-state index is 0.0897. The van der Waals surface area contributed by atoms with Gasteiger partial charge in [0.05, 0.1) is 0 Å². The van der Waals surface area contributed by atoms with Crippen LogP contribution in [0, 0.1) is 5.92 Å². The van der Waals surface area contributed by atoms with E-state index in [0.717, 1.165) is 17.7 Å². The minimum Gasteiger partial charge on any atom is -0.323 e. The second-order valence-electron chi connectivity index (χ2n) is 5.63. The zero-order valence-electron chi connectivity index (χ0n) is 11.8. The van der Waals surface area contributed by atoms with E-state index in [-0.39, 0.29) is 6.04 Å². The van der Waals surface area contributed by atoms with Crippen LogP contribution in [-0.2, 0) is 17.2 Å². The van der Waals surface area contributed by atoms with Gasteiger partial charge in [0.1, 0.15) is 0 Å². The van der Waals surface area contributed by atoms with Crippen molar-refractivity contribution < 1.29 is 4.21 Å².